The quantitative estimate of drug-likeness (QED) is 0.760. The molecule has 3 nitrogen and oxygen atoms in total. The molecule has 0 aromatic carbocycles. The molecule has 0 fully saturated rings. The lowest BCUT2D eigenvalue weighted by atomic mass is 10.3. The van der Waals surface area contributed by atoms with Gasteiger partial charge >= 0.3 is 0 Å². The standard InChI is InChI=1S/C9H10BrNO2/c1-2-9(13)5-11-4-7(10)3-8(11)6-12/h3-4,6H,2,5H2,1H3. The Kier molecular flexibility index (Phi) is 3.42. The number of nitrogens with zero attached hydrogens (tertiary/aromatic N) is 1. The minimum absolute atomic E-state index is 0.117. The van der Waals surface area contributed by atoms with Crippen molar-refractivity contribution < 1.29 is 9.59 Å². The van der Waals surface area contributed by atoms with Gasteiger partial charge in [0, 0.05) is 17.1 Å². The molecule has 0 aliphatic rings. The summed E-state index contributed by atoms with van der Waals surface area (Å²) in [6.45, 7) is 2.08. The molecule has 0 atom stereocenters. The predicted octanol–water partition coefficient (Wildman–Crippen LogP) is 2.04. The van der Waals surface area contributed by atoms with E-state index < -0.39 is 0 Å². The van der Waals surface area contributed by atoms with Gasteiger partial charge in [-0.1, -0.05) is 6.92 Å². The molecule has 1 rings (SSSR count). The van der Waals surface area contributed by atoms with Crippen LogP contribution in [0, 0.1) is 0 Å². The van der Waals surface area contributed by atoms with Gasteiger partial charge in [-0.2, -0.15) is 0 Å². The lowest BCUT2D eigenvalue weighted by Crippen LogP contribution is -2.09. The van der Waals surface area contributed by atoms with Crippen LogP contribution in [0.2, 0.25) is 0 Å². The number of hydrogen-bond acceptors (Lipinski definition) is 2. The number of aldehydes is 1. The summed E-state index contributed by atoms with van der Waals surface area (Å²) < 4.78 is 2.46. The average molecular weight is 244 g/mol. The van der Waals surface area contributed by atoms with E-state index in [0.29, 0.717) is 12.1 Å². The van der Waals surface area contributed by atoms with Crippen LogP contribution in [0.1, 0.15) is 23.8 Å². The summed E-state index contributed by atoms with van der Waals surface area (Å²) in [5, 5.41) is 0. The normalized spacial score (nSPS) is 10.0. The highest BCUT2D eigenvalue weighted by Crippen LogP contribution is 2.13. The van der Waals surface area contributed by atoms with Gasteiger partial charge in [-0.05, 0) is 22.0 Å². The smallest absolute Gasteiger partial charge is 0.166 e. The van der Waals surface area contributed by atoms with E-state index in [2.05, 4.69) is 15.9 Å². The van der Waals surface area contributed by atoms with Crippen LogP contribution in [0.25, 0.3) is 0 Å². The highest BCUT2D eigenvalue weighted by atomic mass is 79.9. The second-order valence-electron chi connectivity index (χ2n) is 2.72. The molecule has 13 heavy (non-hydrogen) atoms. The molecule has 0 bridgehead atoms. The van der Waals surface area contributed by atoms with Gasteiger partial charge in [-0.25, -0.2) is 0 Å². The zero-order valence-electron chi connectivity index (χ0n) is 7.29. The fourth-order valence-corrected chi connectivity index (χ4v) is 1.51. The molecule has 4 heteroatoms. The van der Waals surface area contributed by atoms with E-state index >= 15 is 0 Å². The first-order chi connectivity index (χ1) is 6.17. The Morgan fingerprint density at radius 2 is 2.38 bits per heavy atom. The predicted molar refractivity (Wildman–Crippen MR) is 52.8 cm³/mol. The monoisotopic (exact) mass is 243 g/mol. The summed E-state index contributed by atoms with van der Waals surface area (Å²) in [5.74, 6) is 0.117. The lowest BCUT2D eigenvalue weighted by molar-refractivity contribution is -0.119. The van der Waals surface area contributed by atoms with Crippen molar-refractivity contribution >= 4 is 28.0 Å². The molecule has 70 valence electrons. The Balaban J connectivity index is 2.86. The number of hydrogen-bond donors (Lipinski definition) is 0. The third kappa shape index (κ3) is 2.52. The molecule has 0 aliphatic carbocycles. The van der Waals surface area contributed by atoms with Crippen LogP contribution in [0.4, 0.5) is 0 Å². The van der Waals surface area contributed by atoms with Gasteiger partial charge in [-0.15, -0.1) is 0 Å². The minimum Gasteiger partial charge on any atom is -0.337 e. The van der Waals surface area contributed by atoms with Gasteiger partial charge < -0.3 is 4.57 Å². The average Bonchev–Trinajstić information content (AvgIpc) is 2.46. The number of rotatable bonds is 4. The minimum atomic E-state index is 0.117. The van der Waals surface area contributed by atoms with E-state index in [4.69, 9.17) is 0 Å². The first kappa shape index (κ1) is 10.2. The van der Waals surface area contributed by atoms with E-state index in [9.17, 15) is 9.59 Å². The van der Waals surface area contributed by atoms with Crippen molar-refractivity contribution in [2.45, 2.75) is 19.9 Å². The molecular weight excluding hydrogens is 234 g/mol. The van der Waals surface area contributed by atoms with Crippen LogP contribution in [0.15, 0.2) is 16.7 Å². The van der Waals surface area contributed by atoms with Gasteiger partial charge in [0.2, 0.25) is 0 Å². The second-order valence-corrected chi connectivity index (χ2v) is 3.64. The number of aromatic nitrogens is 1. The van der Waals surface area contributed by atoms with Gasteiger partial charge in [0.1, 0.15) is 0 Å². The van der Waals surface area contributed by atoms with Crippen molar-refractivity contribution in [1.82, 2.24) is 4.57 Å². The third-order valence-electron chi connectivity index (χ3n) is 1.76. The first-order valence-electron chi connectivity index (χ1n) is 4.00. The van der Waals surface area contributed by atoms with Gasteiger partial charge in [0.25, 0.3) is 0 Å². The molecule has 0 spiro atoms. The molecule has 0 saturated heterocycles. The maximum Gasteiger partial charge on any atom is 0.166 e. The van der Waals surface area contributed by atoms with E-state index in [1.54, 1.807) is 16.8 Å². The summed E-state index contributed by atoms with van der Waals surface area (Å²) in [4.78, 5) is 21.7. The molecule has 1 heterocycles. The SMILES string of the molecule is CCC(=O)Cn1cc(Br)cc1C=O. The number of ketones is 1. The zero-order valence-corrected chi connectivity index (χ0v) is 8.87. The summed E-state index contributed by atoms with van der Waals surface area (Å²) in [6.07, 6.45) is 2.97. The maximum absolute atomic E-state index is 11.1. The van der Waals surface area contributed by atoms with Crippen molar-refractivity contribution in [1.29, 1.82) is 0 Å². The van der Waals surface area contributed by atoms with E-state index in [1.165, 1.54) is 0 Å². The van der Waals surface area contributed by atoms with Crippen LogP contribution in [-0.4, -0.2) is 16.6 Å². The number of Topliss-reactive ketones (excluding diaryl/α,β-unsaturated/α-hetero) is 1. The van der Waals surface area contributed by atoms with Gasteiger partial charge in [0.05, 0.1) is 12.2 Å². The largest absolute Gasteiger partial charge is 0.337 e. The molecule has 0 N–H and O–H groups in total. The number of carbonyl (C=O) groups excluding carboxylic acids is 2. The van der Waals surface area contributed by atoms with Crippen LogP contribution in [0.3, 0.4) is 0 Å². The maximum atomic E-state index is 11.1. The van der Waals surface area contributed by atoms with Crippen molar-refractivity contribution in [3.8, 4) is 0 Å². The molecular formula is C9H10BrNO2. The molecule has 0 amide bonds. The summed E-state index contributed by atoms with van der Waals surface area (Å²) >= 11 is 3.24. The highest BCUT2D eigenvalue weighted by molar-refractivity contribution is 9.10. The Labute approximate surface area is 84.9 Å². The molecule has 1 aromatic heterocycles. The summed E-state index contributed by atoms with van der Waals surface area (Å²) in [7, 11) is 0. The van der Waals surface area contributed by atoms with Crippen molar-refractivity contribution in [2.75, 3.05) is 0 Å². The zero-order chi connectivity index (χ0) is 9.84. The van der Waals surface area contributed by atoms with Crippen molar-refractivity contribution in [2.24, 2.45) is 0 Å². The highest BCUT2D eigenvalue weighted by Gasteiger charge is 2.06. The van der Waals surface area contributed by atoms with Crippen molar-refractivity contribution in [3.63, 3.8) is 0 Å². The van der Waals surface area contributed by atoms with E-state index in [0.717, 1.165) is 10.8 Å². The number of carbonyl (C=O) groups is 2. The van der Waals surface area contributed by atoms with E-state index in [-0.39, 0.29) is 12.3 Å². The second kappa shape index (κ2) is 4.37. The molecule has 0 radical (unpaired) electrons. The van der Waals surface area contributed by atoms with Crippen LogP contribution >= 0.6 is 15.9 Å². The van der Waals surface area contributed by atoms with Crippen LogP contribution in [0.5, 0.6) is 0 Å². The van der Waals surface area contributed by atoms with Gasteiger partial charge in [-0.3, -0.25) is 9.59 Å². The molecule has 0 unspecified atom stereocenters. The third-order valence-corrected chi connectivity index (χ3v) is 2.19. The van der Waals surface area contributed by atoms with E-state index in [1.807, 2.05) is 6.92 Å². The van der Waals surface area contributed by atoms with Crippen LogP contribution < -0.4 is 0 Å². The Hall–Kier alpha value is -0.900. The number of halogens is 1. The van der Waals surface area contributed by atoms with Gasteiger partial charge in [0.15, 0.2) is 12.1 Å². The first-order valence-corrected chi connectivity index (χ1v) is 4.79. The fourth-order valence-electron chi connectivity index (χ4n) is 1.03. The van der Waals surface area contributed by atoms with Crippen LogP contribution in [-0.2, 0) is 11.3 Å². The lowest BCUT2D eigenvalue weighted by Gasteiger charge is -2.01. The fraction of sp³-hybridized carbons (Fsp3) is 0.333. The molecule has 0 aliphatic heterocycles. The van der Waals surface area contributed by atoms with Crippen molar-refractivity contribution in [3.05, 3.63) is 22.4 Å². The Morgan fingerprint density at radius 1 is 1.69 bits per heavy atom. The molecule has 1 aromatic rings. The Bertz CT molecular complexity index is 330. The molecule has 0 saturated carbocycles. The Morgan fingerprint density at radius 3 is 2.92 bits per heavy atom. The summed E-state index contributed by atoms with van der Waals surface area (Å²) in [5.41, 5.74) is 0.522. The topological polar surface area (TPSA) is 39.1 Å². The summed E-state index contributed by atoms with van der Waals surface area (Å²) in [6, 6.07) is 1.69.